The minimum atomic E-state index is 0.723. The van der Waals surface area contributed by atoms with Gasteiger partial charge in [-0.1, -0.05) is 29.8 Å². The summed E-state index contributed by atoms with van der Waals surface area (Å²) in [5.74, 6) is 0.766. The molecule has 5 heteroatoms. The van der Waals surface area contributed by atoms with Crippen molar-refractivity contribution < 1.29 is 0 Å². The van der Waals surface area contributed by atoms with Crippen LogP contribution in [-0.2, 0) is 19.5 Å². The smallest absolute Gasteiger partial charge is 0.159 e. The molecule has 0 atom stereocenters. The number of halogens is 1. The normalized spacial score (nSPS) is 14.2. The largest absolute Gasteiger partial charge is 0.294 e. The Morgan fingerprint density at radius 3 is 2.71 bits per heavy atom. The molecule has 0 spiro atoms. The lowest BCUT2D eigenvalue weighted by Crippen LogP contribution is -2.31. The topological polar surface area (TPSA) is 41.9 Å². The summed E-state index contributed by atoms with van der Waals surface area (Å²) in [6.45, 7) is 2.73. The standard InChI is InChI=1S/C23H19ClN4/c24-20-7-5-17(6-8-20)23-26-13-19-15-28(10-9-22(19)27-23)14-16-11-18-3-1-2-4-21(18)25-12-16/h1-8,11-13H,9-10,14-15H2. The van der Waals surface area contributed by atoms with Gasteiger partial charge in [-0.3, -0.25) is 9.88 Å². The Kier molecular flexibility index (Phi) is 4.51. The first-order valence-corrected chi connectivity index (χ1v) is 9.79. The van der Waals surface area contributed by atoms with E-state index >= 15 is 0 Å². The maximum atomic E-state index is 5.98. The number of rotatable bonds is 3. The molecule has 2 aromatic heterocycles. The van der Waals surface area contributed by atoms with Gasteiger partial charge in [-0.05, 0) is 42.0 Å². The van der Waals surface area contributed by atoms with Gasteiger partial charge in [0, 0.05) is 60.0 Å². The average molecular weight is 387 g/mol. The predicted molar refractivity (Wildman–Crippen MR) is 112 cm³/mol. The molecule has 0 N–H and O–H groups in total. The highest BCUT2D eigenvalue weighted by atomic mass is 35.5. The number of hydrogen-bond acceptors (Lipinski definition) is 4. The van der Waals surface area contributed by atoms with Crippen LogP contribution < -0.4 is 0 Å². The van der Waals surface area contributed by atoms with Gasteiger partial charge in [-0.15, -0.1) is 0 Å². The Bertz CT molecular complexity index is 1140. The number of pyridine rings is 1. The van der Waals surface area contributed by atoms with Gasteiger partial charge in [0.25, 0.3) is 0 Å². The summed E-state index contributed by atoms with van der Waals surface area (Å²) in [5, 5.41) is 1.91. The van der Waals surface area contributed by atoms with Gasteiger partial charge in [0.05, 0.1) is 11.2 Å². The summed E-state index contributed by atoms with van der Waals surface area (Å²) < 4.78 is 0. The molecule has 28 heavy (non-hydrogen) atoms. The van der Waals surface area contributed by atoms with Gasteiger partial charge in [0.1, 0.15) is 0 Å². The monoisotopic (exact) mass is 386 g/mol. The fraction of sp³-hybridized carbons (Fsp3) is 0.174. The van der Waals surface area contributed by atoms with Crippen molar-refractivity contribution in [2.75, 3.05) is 6.54 Å². The minimum Gasteiger partial charge on any atom is -0.294 e. The average Bonchev–Trinajstić information content (AvgIpc) is 2.74. The molecule has 0 bridgehead atoms. The first-order valence-electron chi connectivity index (χ1n) is 9.41. The SMILES string of the molecule is Clc1ccc(-c2ncc3c(n2)CCN(Cc2cnc4ccccc4c2)C3)cc1. The van der Waals surface area contributed by atoms with Crippen LogP contribution in [0.2, 0.25) is 5.02 Å². The fourth-order valence-electron chi connectivity index (χ4n) is 3.71. The van der Waals surface area contributed by atoms with Crippen LogP contribution in [-0.4, -0.2) is 26.4 Å². The second-order valence-corrected chi connectivity index (χ2v) is 7.61. The molecule has 0 fully saturated rings. The van der Waals surface area contributed by atoms with Crippen LogP contribution in [0.3, 0.4) is 0 Å². The number of para-hydroxylation sites is 1. The van der Waals surface area contributed by atoms with Crippen LogP contribution in [0.1, 0.15) is 16.8 Å². The Labute approximate surface area is 168 Å². The maximum absolute atomic E-state index is 5.98. The summed E-state index contributed by atoms with van der Waals surface area (Å²) in [5.41, 5.74) is 5.63. The molecule has 0 saturated carbocycles. The molecule has 0 radical (unpaired) electrons. The van der Waals surface area contributed by atoms with Gasteiger partial charge in [-0.25, -0.2) is 9.97 Å². The van der Waals surface area contributed by atoms with E-state index < -0.39 is 0 Å². The molecule has 1 aliphatic rings. The molecular weight excluding hydrogens is 368 g/mol. The first-order chi connectivity index (χ1) is 13.7. The zero-order valence-corrected chi connectivity index (χ0v) is 16.1. The zero-order valence-electron chi connectivity index (χ0n) is 15.3. The summed E-state index contributed by atoms with van der Waals surface area (Å²) in [7, 11) is 0. The first kappa shape index (κ1) is 17.3. The Balaban J connectivity index is 1.34. The van der Waals surface area contributed by atoms with Crippen molar-refractivity contribution in [2.24, 2.45) is 0 Å². The summed E-state index contributed by atoms with van der Waals surface area (Å²) in [6, 6.07) is 18.2. The summed E-state index contributed by atoms with van der Waals surface area (Å²) >= 11 is 5.98. The van der Waals surface area contributed by atoms with Crippen LogP contribution >= 0.6 is 11.6 Å². The predicted octanol–water partition coefficient (Wildman–Crippen LogP) is 4.90. The van der Waals surface area contributed by atoms with E-state index in [4.69, 9.17) is 16.6 Å². The molecule has 138 valence electrons. The maximum Gasteiger partial charge on any atom is 0.159 e. The van der Waals surface area contributed by atoms with Crippen LogP contribution in [0.25, 0.3) is 22.3 Å². The van der Waals surface area contributed by atoms with Gasteiger partial charge in [-0.2, -0.15) is 0 Å². The molecule has 0 amide bonds. The lowest BCUT2D eigenvalue weighted by Gasteiger charge is -2.28. The van der Waals surface area contributed by atoms with Crippen molar-refractivity contribution in [3.05, 3.63) is 88.8 Å². The van der Waals surface area contributed by atoms with Gasteiger partial charge >= 0.3 is 0 Å². The van der Waals surface area contributed by atoms with Crippen LogP contribution in [0.15, 0.2) is 67.0 Å². The second-order valence-electron chi connectivity index (χ2n) is 7.17. The lowest BCUT2D eigenvalue weighted by molar-refractivity contribution is 0.243. The van der Waals surface area contributed by atoms with E-state index in [1.807, 2.05) is 48.8 Å². The Morgan fingerprint density at radius 1 is 0.964 bits per heavy atom. The lowest BCUT2D eigenvalue weighted by atomic mass is 10.1. The third-order valence-electron chi connectivity index (χ3n) is 5.17. The van der Waals surface area contributed by atoms with E-state index in [0.717, 1.165) is 53.7 Å². The van der Waals surface area contributed by atoms with Crippen LogP contribution in [0.4, 0.5) is 0 Å². The third-order valence-corrected chi connectivity index (χ3v) is 5.42. The minimum absolute atomic E-state index is 0.723. The third kappa shape index (κ3) is 3.49. The van der Waals surface area contributed by atoms with Gasteiger partial charge in [0.2, 0.25) is 0 Å². The van der Waals surface area contributed by atoms with Crippen molar-refractivity contribution in [3.8, 4) is 11.4 Å². The second kappa shape index (κ2) is 7.30. The van der Waals surface area contributed by atoms with E-state index in [0.29, 0.717) is 0 Å². The Morgan fingerprint density at radius 2 is 1.82 bits per heavy atom. The molecule has 4 nitrogen and oxygen atoms in total. The number of benzene rings is 2. The van der Waals surface area contributed by atoms with E-state index in [1.54, 1.807) is 0 Å². The zero-order chi connectivity index (χ0) is 18.9. The van der Waals surface area contributed by atoms with E-state index in [-0.39, 0.29) is 0 Å². The Hall–Kier alpha value is -2.82. The molecular formula is C23H19ClN4. The molecule has 0 aliphatic carbocycles. The number of nitrogens with zero attached hydrogens (tertiary/aromatic N) is 4. The summed E-state index contributed by atoms with van der Waals surface area (Å²) in [6.07, 6.45) is 4.88. The number of aromatic nitrogens is 3. The van der Waals surface area contributed by atoms with Gasteiger partial charge in [0.15, 0.2) is 5.82 Å². The van der Waals surface area contributed by atoms with Gasteiger partial charge < -0.3 is 0 Å². The van der Waals surface area contributed by atoms with Crippen LogP contribution in [0.5, 0.6) is 0 Å². The highest BCUT2D eigenvalue weighted by Gasteiger charge is 2.19. The molecule has 0 unspecified atom stereocenters. The highest BCUT2D eigenvalue weighted by Crippen LogP contribution is 2.23. The molecule has 1 aliphatic heterocycles. The molecule has 4 aromatic rings. The number of hydrogen-bond donors (Lipinski definition) is 0. The highest BCUT2D eigenvalue weighted by molar-refractivity contribution is 6.30. The van der Waals surface area contributed by atoms with Crippen LogP contribution in [0, 0.1) is 0 Å². The molecule has 0 saturated heterocycles. The quantitative estimate of drug-likeness (QED) is 0.502. The van der Waals surface area contributed by atoms with E-state index in [9.17, 15) is 0 Å². The van der Waals surface area contributed by atoms with E-state index in [2.05, 4.69) is 33.1 Å². The van der Waals surface area contributed by atoms with Crippen molar-refractivity contribution in [1.29, 1.82) is 0 Å². The van der Waals surface area contributed by atoms with Crippen molar-refractivity contribution >= 4 is 22.5 Å². The molecule has 2 aromatic carbocycles. The molecule has 3 heterocycles. The van der Waals surface area contributed by atoms with Crippen molar-refractivity contribution in [3.63, 3.8) is 0 Å². The van der Waals surface area contributed by atoms with E-state index in [1.165, 1.54) is 16.5 Å². The van der Waals surface area contributed by atoms with Crippen molar-refractivity contribution in [1.82, 2.24) is 19.9 Å². The van der Waals surface area contributed by atoms with Crippen molar-refractivity contribution in [2.45, 2.75) is 19.5 Å². The fourth-order valence-corrected chi connectivity index (χ4v) is 3.83. The summed E-state index contributed by atoms with van der Waals surface area (Å²) in [4.78, 5) is 16.4. The number of fused-ring (bicyclic) bond motifs is 2. The molecule has 5 rings (SSSR count).